The number of halogens is 2. The van der Waals surface area contributed by atoms with E-state index in [9.17, 15) is 9.59 Å². The molecule has 0 N–H and O–H groups in total. The van der Waals surface area contributed by atoms with E-state index in [1.54, 1.807) is 41.4 Å². The summed E-state index contributed by atoms with van der Waals surface area (Å²) in [6.45, 7) is 0. The average Bonchev–Trinajstić information content (AvgIpc) is 3.13. The molecule has 0 spiro atoms. The van der Waals surface area contributed by atoms with Gasteiger partial charge in [-0.05, 0) is 121 Å². The smallest absolute Gasteiger partial charge is 0.253 e. The number of thioether (sulfide) groups is 2. The monoisotopic (exact) mass is 786 g/mol. The Hall–Kier alpha value is -3.17. The third-order valence-electron chi connectivity index (χ3n) is 6.57. The molecule has 2 nitrogen and oxygen atoms in total. The summed E-state index contributed by atoms with van der Waals surface area (Å²) in [5.74, 6) is 0.0664. The molecule has 6 rings (SSSR count). The highest BCUT2D eigenvalue weighted by Crippen LogP contribution is 2.32. The van der Waals surface area contributed by atoms with Crippen molar-refractivity contribution in [1.82, 2.24) is 0 Å². The number of hydrogen-bond donors (Lipinski definition) is 0. The Morgan fingerprint density at radius 3 is 1.33 bits per heavy atom. The lowest BCUT2D eigenvalue weighted by molar-refractivity contribution is 0.103. The SMILES string of the molecule is CSc1ccc(Br)cc1.CSc1ccc(C(=O)c2ccccc2Sc2ccccc2)cc1.O=C(Cl)c1ccccc1Sc1ccccc1. The van der Waals surface area contributed by atoms with Crippen molar-refractivity contribution in [3.63, 3.8) is 0 Å². The van der Waals surface area contributed by atoms with E-state index in [2.05, 4.69) is 46.5 Å². The van der Waals surface area contributed by atoms with Crippen LogP contribution in [-0.2, 0) is 0 Å². The fourth-order valence-corrected chi connectivity index (χ4v) is 7.39. The van der Waals surface area contributed by atoms with Crippen molar-refractivity contribution < 1.29 is 9.59 Å². The van der Waals surface area contributed by atoms with Crippen molar-refractivity contribution in [3.8, 4) is 0 Å². The van der Waals surface area contributed by atoms with Crippen LogP contribution in [0.5, 0.6) is 0 Å². The van der Waals surface area contributed by atoms with Crippen molar-refractivity contribution in [2.75, 3.05) is 12.5 Å². The van der Waals surface area contributed by atoms with Crippen LogP contribution >= 0.6 is 74.6 Å². The fourth-order valence-electron chi connectivity index (χ4n) is 4.16. The Balaban J connectivity index is 0.000000180. The van der Waals surface area contributed by atoms with E-state index in [0.717, 1.165) is 40.1 Å². The van der Waals surface area contributed by atoms with Gasteiger partial charge in [0.2, 0.25) is 0 Å². The van der Waals surface area contributed by atoms with Crippen LogP contribution in [0.15, 0.2) is 192 Å². The summed E-state index contributed by atoms with van der Waals surface area (Å²) >= 11 is 15.5. The maximum absolute atomic E-state index is 12.8. The Kier molecular flexibility index (Phi) is 16.0. The number of carbonyl (C=O) groups excluding carboxylic acids is 2. The van der Waals surface area contributed by atoms with Gasteiger partial charge in [-0.1, -0.05) is 100 Å². The van der Waals surface area contributed by atoms with Crippen molar-refractivity contribution in [2.45, 2.75) is 29.4 Å². The van der Waals surface area contributed by atoms with E-state index in [0.29, 0.717) is 5.56 Å². The number of rotatable bonds is 9. The van der Waals surface area contributed by atoms with Gasteiger partial charge in [-0.2, -0.15) is 0 Å². The van der Waals surface area contributed by atoms with Crippen molar-refractivity contribution in [3.05, 3.63) is 179 Å². The quantitative estimate of drug-likeness (QED) is 0.0825. The summed E-state index contributed by atoms with van der Waals surface area (Å²) in [7, 11) is 0. The molecule has 6 aromatic carbocycles. The number of benzene rings is 6. The lowest BCUT2D eigenvalue weighted by Gasteiger charge is -2.09. The van der Waals surface area contributed by atoms with Gasteiger partial charge in [0, 0.05) is 50.5 Å². The molecular weight excluding hydrogens is 756 g/mol. The zero-order valence-electron chi connectivity index (χ0n) is 26.2. The zero-order chi connectivity index (χ0) is 34.1. The molecule has 0 heterocycles. The van der Waals surface area contributed by atoms with E-state index in [-0.39, 0.29) is 5.78 Å². The van der Waals surface area contributed by atoms with Crippen LogP contribution in [0.25, 0.3) is 0 Å². The van der Waals surface area contributed by atoms with Crippen LogP contribution in [0.3, 0.4) is 0 Å². The topological polar surface area (TPSA) is 34.1 Å². The van der Waals surface area contributed by atoms with Gasteiger partial charge in [-0.25, -0.2) is 0 Å². The molecule has 0 saturated heterocycles. The normalized spacial score (nSPS) is 10.2. The highest BCUT2D eigenvalue weighted by atomic mass is 79.9. The first-order chi connectivity index (χ1) is 23.4. The molecular formula is C40H32BrClO2S4. The van der Waals surface area contributed by atoms with E-state index < -0.39 is 5.24 Å². The van der Waals surface area contributed by atoms with Crippen LogP contribution in [0.1, 0.15) is 26.3 Å². The van der Waals surface area contributed by atoms with E-state index in [1.165, 1.54) is 16.7 Å². The molecule has 0 amide bonds. The van der Waals surface area contributed by atoms with Crippen LogP contribution < -0.4 is 0 Å². The van der Waals surface area contributed by atoms with Crippen molar-refractivity contribution >= 4 is 85.6 Å². The minimum Gasteiger partial charge on any atom is -0.289 e. The lowest BCUT2D eigenvalue weighted by Crippen LogP contribution is -2.02. The first-order valence-electron chi connectivity index (χ1n) is 14.7. The molecule has 0 atom stereocenters. The molecule has 48 heavy (non-hydrogen) atoms. The Morgan fingerprint density at radius 2 is 0.875 bits per heavy atom. The third kappa shape index (κ3) is 12.1. The standard InChI is InChI=1S/C20H16OS2.C13H9ClOS.C7H7BrS/c1-22-16-13-11-15(12-14-16)20(21)18-9-5-6-10-19(18)23-17-7-3-2-4-8-17;14-13(15)11-8-4-5-9-12(11)16-10-6-2-1-3-7-10;1-9-7-4-2-6(8)3-5-7/h2-14H,1H3;1-9H;2-5H,1H3. The molecule has 0 saturated carbocycles. The van der Waals surface area contributed by atoms with Gasteiger partial charge in [-0.3, -0.25) is 9.59 Å². The minimum atomic E-state index is -0.418. The van der Waals surface area contributed by atoms with Crippen LogP contribution in [0.2, 0.25) is 0 Å². The first-order valence-corrected chi connectivity index (χ1v) is 19.9. The summed E-state index contributed by atoms with van der Waals surface area (Å²) in [5, 5.41) is -0.418. The largest absolute Gasteiger partial charge is 0.289 e. The van der Waals surface area contributed by atoms with Gasteiger partial charge < -0.3 is 0 Å². The summed E-state index contributed by atoms with van der Waals surface area (Å²) in [6.07, 6.45) is 4.10. The fraction of sp³-hybridized carbons (Fsp3) is 0.0500. The molecule has 0 bridgehead atoms. The van der Waals surface area contributed by atoms with Gasteiger partial charge in [-0.15, -0.1) is 23.5 Å². The van der Waals surface area contributed by atoms with Crippen LogP contribution in [0.4, 0.5) is 0 Å². The van der Waals surface area contributed by atoms with Crippen molar-refractivity contribution in [2.24, 2.45) is 0 Å². The Labute approximate surface area is 313 Å². The van der Waals surface area contributed by atoms with Gasteiger partial charge in [0.15, 0.2) is 5.78 Å². The predicted octanol–water partition coefficient (Wildman–Crippen LogP) is 13.2. The molecule has 0 aliphatic rings. The van der Waals surface area contributed by atoms with E-state index >= 15 is 0 Å². The number of carbonyl (C=O) groups is 2. The summed E-state index contributed by atoms with van der Waals surface area (Å²) < 4.78 is 1.14. The van der Waals surface area contributed by atoms with Gasteiger partial charge in [0.1, 0.15) is 0 Å². The Bertz CT molecular complexity index is 1890. The van der Waals surface area contributed by atoms with Gasteiger partial charge in [0.25, 0.3) is 5.24 Å². The molecule has 0 unspecified atom stereocenters. The number of ketones is 1. The molecule has 6 aromatic rings. The molecule has 0 aliphatic heterocycles. The second-order valence-corrected chi connectivity index (χ2v) is 15.1. The highest BCUT2D eigenvalue weighted by molar-refractivity contribution is 9.10. The van der Waals surface area contributed by atoms with Gasteiger partial charge >= 0.3 is 0 Å². The van der Waals surface area contributed by atoms with Crippen molar-refractivity contribution in [1.29, 1.82) is 0 Å². The minimum absolute atomic E-state index is 0.0664. The van der Waals surface area contributed by atoms with Crippen LogP contribution in [-0.4, -0.2) is 23.5 Å². The molecule has 8 heteroatoms. The van der Waals surface area contributed by atoms with E-state index in [1.807, 2.05) is 134 Å². The molecule has 0 aliphatic carbocycles. The summed E-state index contributed by atoms with van der Waals surface area (Å²) in [6, 6.07) is 51.2. The Morgan fingerprint density at radius 1 is 0.479 bits per heavy atom. The second kappa shape index (κ2) is 20.4. The molecule has 0 aromatic heterocycles. The first kappa shape index (κ1) is 37.6. The molecule has 242 valence electrons. The summed E-state index contributed by atoms with van der Waals surface area (Å²) in [4.78, 5) is 30.6. The second-order valence-electron chi connectivity index (χ2n) is 9.81. The maximum atomic E-state index is 12.8. The number of hydrogen-bond acceptors (Lipinski definition) is 6. The molecule has 0 radical (unpaired) electrons. The van der Waals surface area contributed by atoms with Crippen LogP contribution in [0, 0.1) is 0 Å². The summed E-state index contributed by atoms with van der Waals surface area (Å²) in [5.41, 5.74) is 2.03. The third-order valence-corrected chi connectivity index (χ3v) is 11.0. The highest BCUT2D eigenvalue weighted by Gasteiger charge is 2.14. The molecule has 0 fully saturated rings. The average molecular weight is 788 g/mol. The maximum Gasteiger partial charge on any atom is 0.253 e. The predicted molar refractivity (Wildman–Crippen MR) is 212 cm³/mol. The zero-order valence-corrected chi connectivity index (χ0v) is 31.8. The van der Waals surface area contributed by atoms with E-state index in [4.69, 9.17) is 11.6 Å². The van der Waals surface area contributed by atoms with Gasteiger partial charge in [0.05, 0.1) is 0 Å². The lowest BCUT2D eigenvalue weighted by atomic mass is 10.0.